The van der Waals surface area contributed by atoms with E-state index < -0.39 is 0 Å². The van der Waals surface area contributed by atoms with E-state index >= 15 is 0 Å². The van der Waals surface area contributed by atoms with Crippen LogP contribution in [0.4, 0.5) is 0 Å². The summed E-state index contributed by atoms with van der Waals surface area (Å²) >= 11 is 0. The second kappa shape index (κ2) is 1340. The second-order valence-electron chi connectivity index (χ2n) is 0. The maximum atomic E-state index is 0. The third-order valence-corrected chi connectivity index (χ3v) is 0. The first kappa shape index (κ1) is 2030. The Morgan fingerprint density at radius 1 is 0.500 bits per heavy atom. The summed E-state index contributed by atoms with van der Waals surface area (Å²) in [4.78, 5) is 0. The molecule has 8 heavy (non-hydrogen) atoms. The Hall–Kier alpha value is 0.484. The fraction of sp³-hybridized carbons (Fsp3) is 1.00. The summed E-state index contributed by atoms with van der Waals surface area (Å²) in [5, 5.41) is 0. The zero-order valence-corrected chi connectivity index (χ0v) is 2.57. The molecule has 0 amide bonds. The fourth-order valence-corrected chi connectivity index (χ4v) is 0. The summed E-state index contributed by atoms with van der Waals surface area (Å²) in [6.07, 6.45) is 0. The molecule has 0 saturated heterocycles. The molecular weight excluding hydrogens is 130 g/mol. The Labute approximate surface area is 66.6 Å². The molecule has 0 atom stereocenters. The SMILES string of the molecule is C.C.N.N.[B].[B].[SiH4].[SiH4]. The zero-order valence-electron chi connectivity index (χ0n) is 2.57. The molecule has 0 fully saturated rings. The van der Waals surface area contributed by atoms with E-state index in [-0.39, 0.29) is 65.9 Å². The highest BCUT2D eigenvalue weighted by atomic mass is 28.1. The molecule has 0 aromatic heterocycles. The van der Waals surface area contributed by atoms with Gasteiger partial charge >= 0.3 is 0 Å². The molecule has 6 N–H and O–H groups in total. The van der Waals surface area contributed by atoms with Crippen LogP contribution in [0.15, 0.2) is 0 Å². The van der Waals surface area contributed by atoms with Crippen molar-refractivity contribution >= 4 is 38.8 Å². The largest absolute Gasteiger partial charge is 0.344 e. The zero-order chi connectivity index (χ0) is 0. The van der Waals surface area contributed by atoms with Gasteiger partial charge in [-0.15, -0.1) is 0 Å². The molecule has 0 saturated carbocycles. The lowest BCUT2D eigenvalue weighted by Crippen LogP contribution is -0.482. The highest BCUT2D eigenvalue weighted by molar-refractivity contribution is 5.76. The third kappa shape index (κ3) is 834. The van der Waals surface area contributed by atoms with Crippen LogP contribution in [0.3, 0.4) is 0 Å². The van der Waals surface area contributed by atoms with Gasteiger partial charge in [-0.2, -0.15) is 0 Å². The van der Waals surface area contributed by atoms with Crippen molar-refractivity contribution in [2.75, 3.05) is 0 Å². The smallest absolute Gasteiger partial charge is 0 e. The molecule has 0 aliphatic rings. The van der Waals surface area contributed by atoms with Gasteiger partial charge in [-0.1, -0.05) is 14.9 Å². The van der Waals surface area contributed by atoms with Crippen LogP contribution in [0.1, 0.15) is 14.9 Å². The van der Waals surface area contributed by atoms with Gasteiger partial charge in [0.25, 0.3) is 0 Å². The minimum absolute atomic E-state index is 0. The van der Waals surface area contributed by atoms with Gasteiger partial charge in [0.05, 0.1) is 0 Å². The minimum atomic E-state index is 0. The van der Waals surface area contributed by atoms with Gasteiger partial charge in [-0.05, 0) is 21.9 Å². The van der Waals surface area contributed by atoms with Gasteiger partial charge in [0, 0.05) is 16.8 Å². The predicted molar refractivity (Wildman–Crippen MR) is 57.7 cm³/mol. The Morgan fingerprint density at radius 2 is 0.500 bits per heavy atom. The van der Waals surface area contributed by atoms with Crippen molar-refractivity contribution in [3.8, 4) is 0 Å². The molecule has 0 aromatic carbocycles. The van der Waals surface area contributed by atoms with Gasteiger partial charge in [0.1, 0.15) is 0 Å². The lowest BCUT2D eigenvalue weighted by molar-refractivity contribution is 2.13. The average molecular weight is 152 g/mol. The molecule has 0 spiro atoms. The Morgan fingerprint density at radius 3 is 0.500 bits per heavy atom. The van der Waals surface area contributed by atoms with Crippen molar-refractivity contribution in [1.29, 1.82) is 0 Å². The van der Waals surface area contributed by atoms with Crippen molar-refractivity contribution in [2.24, 2.45) is 0 Å². The van der Waals surface area contributed by atoms with Crippen LogP contribution in [-0.2, 0) is 0 Å². The monoisotopic (exact) mass is 152 g/mol. The summed E-state index contributed by atoms with van der Waals surface area (Å²) in [5.41, 5.74) is 0. The van der Waals surface area contributed by atoms with Crippen LogP contribution >= 0.6 is 0 Å². The van der Waals surface area contributed by atoms with E-state index in [9.17, 15) is 0 Å². The molecular formula is C2H22B2N2Si2. The van der Waals surface area contributed by atoms with Gasteiger partial charge < -0.3 is 12.3 Å². The van der Waals surface area contributed by atoms with E-state index in [0.29, 0.717) is 0 Å². The van der Waals surface area contributed by atoms with Crippen LogP contribution < -0.4 is 12.3 Å². The average Bonchev–Trinajstić information content (AvgIpc) is 0. The predicted octanol–water partition coefficient (Wildman–Crippen LogP) is -2.07. The van der Waals surface area contributed by atoms with Crippen LogP contribution in [0.2, 0.25) is 0 Å². The second-order valence-corrected chi connectivity index (χ2v) is 0. The topological polar surface area (TPSA) is 70.0 Å². The number of rotatable bonds is 0. The summed E-state index contributed by atoms with van der Waals surface area (Å²) in [5.74, 6) is 0. The summed E-state index contributed by atoms with van der Waals surface area (Å²) in [7, 11) is 0. The Kier molecular flexibility index (Phi) is 342000. The van der Waals surface area contributed by atoms with E-state index in [4.69, 9.17) is 0 Å². The molecule has 6 radical (unpaired) electrons. The molecule has 0 bridgehead atoms. The van der Waals surface area contributed by atoms with Gasteiger partial charge in [-0.3, -0.25) is 0 Å². The van der Waals surface area contributed by atoms with Crippen LogP contribution in [0.5, 0.6) is 0 Å². The molecule has 6 heteroatoms. The molecule has 0 aliphatic heterocycles. The van der Waals surface area contributed by atoms with Crippen molar-refractivity contribution in [3.63, 3.8) is 0 Å². The van der Waals surface area contributed by atoms with Crippen LogP contribution in [0.25, 0.3) is 0 Å². The normalized spacial score (nSPS) is 0. The van der Waals surface area contributed by atoms with E-state index in [1.54, 1.807) is 0 Å². The maximum absolute atomic E-state index is 0. The molecule has 0 rings (SSSR count). The minimum Gasteiger partial charge on any atom is -0.344 e. The van der Waals surface area contributed by atoms with Crippen molar-refractivity contribution < 1.29 is 0 Å². The van der Waals surface area contributed by atoms with Crippen molar-refractivity contribution in [2.45, 2.75) is 14.9 Å². The first-order chi connectivity index (χ1) is 0. The molecule has 54 valence electrons. The Bertz CT molecular complexity index is 16.0. The highest BCUT2D eigenvalue weighted by Gasteiger charge is 0.00134. The van der Waals surface area contributed by atoms with E-state index in [1.165, 1.54) is 0 Å². The van der Waals surface area contributed by atoms with Gasteiger partial charge in [0.2, 0.25) is 0 Å². The molecule has 0 unspecified atom stereocenters. The van der Waals surface area contributed by atoms with Gasteiger partial charge in [0.15, 0.2) is 0 Å². The summed E-state index contributed by atoms with van der Waals surface area (Å²) in [6, 6.07) is 0. The van der Waals surface area contributed by atoms with Crippen molar-refractivity contribution in [1.82, 2.24) is 12.3 Å². The lowest BCUT2D eigenvalue weighted by Gasteiger charge is -0.345. The van der Waals surface area contributed by atoms with E-state index in [0.717, 1.165) is 0 Å². The highest BCUT2D eigenvalue weighted by Crippen LogP contribution is 0.145. The lowest BCUT2D eigenvalue weighted by atomic mass is 10.8. The quantitative estimate of drug-likeness (QED) is 0.391. The Balaban J connectivity index is 0. The number of hydrogen-bond donors (Lipinski definition) is 2. The van der Waals surface area contributed by atoms with E-state index in [1.807, 2.05) is 0 Å². The number of hydrogen-bond acceptors (Lipinski definition) is 2. The first-order valence-electron chi connectivity index (χ1n) is 0. The fourth-order valence-electron chi connectivity index (χ4n) is 0. The van der Waals surface area contributed by atoms with E-state index in [2.05, 4.69) is 0 Å². The standard InChI is InChI=1S/2CH4.2B.2H3N.2H4Si/h2*1H4;;;2*1H3;2*1H4. The molecule has 0 aliphatic carbocycles. The summed E-state index contributed by atoms with van der Waals surface area (Å²) < 4.78 is 0. The third-order valence-electron chi connectivity index (χ3n) is 0. The molecule has 0 heterocycles. The van der Waals surface area contributed by atoms with Gasteiger partial charge in [-0.25, -0.2) is 0 Å². The van der Waals surface area contributed by atoms with Crippen molar-refractivity contribution in [3.05, 3.63) is 0 Å². The molecule has 2 nitrogen and oxygen atoms in total. The van der Waals surface area contributed by atoms with Crippen LogP contribution in [0, 0.1) is 0 Å². The maximum Gasteiger partial charge on any atom is 0 e. The molecule has 0 aromatic rings. The first-order valence-corrected chi connectivity index (χ1v) is 0. The van der Waals surface area contributed by atoms with Crippen LogP contribution in [-0.4, -0.2) is 38.8 Å². The summed E-state index contributed by atoms with van der Waals surface area (Å²) in [6.45, 7) is 0.